The first kappa shape index (κ1) is 14.0. The monoisotopic (exact) mass is 232 g/mol. The number of amides is 4. The Labute approximate surface area is 92.4 Å². The summed E-state index contributed by atoms with van der Waals surface area (Å²) < 4.78 is 0. The van der Waals surface area contributed by atoms with Crippen molar-refractivity contribution in [3.05, 3.63) is 0 Å². The molecule has 0 rings (SSSR count). The minimum Gasteiger partial charge on any atom is -0.480 e. The van der Waals surface area contributed by atoms with Gasteiger partial charge in [-0.15, -0.1) is 0 Å². The summed E-state index contributed by atoms with van der Waals surface area (Å²) in [4.78, 5) is 31.4. The van der Waals surface area contributed by atoms with Crippen LogP contribution in [0.15, 0.2) is 0 Å². The molecule has 7 N–H and O–H groups in total. The highest BCUT2D eigenvalue weighted by atomic mass is 16.4. The van der Waals surface area contributed by atoms with Gasteiger partial charge in [0.1, 0.15) is 6.04 Å². The van der Waals surface area contributed by atoms with E-state index in [-0.39, 0.29) is 6.42 Å². The lowest BCUT2D eigenvalue weighted by Crippen LogP contribution is -2.43. The molecule has 0 unspecified atom stereocenters. The van der Waals surface area contributed by atoms with Gasteiger partial charge in [-0.3, -0.25) is 0 Å². The van der Waals surface area contributed by atoms with Crippen molar-refractivity contribution in [3.63, 3.8) is 0 Å². The Hall–Kier alpha value is -1.99. The van der Waals surface area contributed by atoms with E-state index in [4.69, 9.17) is 16.6 Å². The highest BCUT2D eigenvalue weighted by Crippen LogP contribution is 2.00. The molecule has 0 aliphatic heterocycles. The summed E-state index contributed by atoms with van der Waals surface area (Å²) in [6.45, 7) is 0.373. The SMILES string of the molecule is NC(=O)NCCCC[C@H](NC(N)=O)C(=O)O. The molecule has 0 aliphatic carbocycles. The summed E-state index contributed by atoms with van der Waals surface area (Å²) >= 11 is 0. The molecular weight excluding hydrogens is 216 g/mol. The molecule has 0 aliphatic rings. The summed E-state index contributed by atoms with van der Waals surface area (Å²) in [5.74, 6) is -1.14. The maximum Gasteiger partial charge on any atom is 0.326 e. The standard InChI is InChI=1S/C8H16N4O4/c9-7(15)11-4-2-1-3-5(6(13)14)12-8(10)16/h5H,1-4H2,(H,13,14)(H3,9,11,15)(H3,10,12,16)/t5-/m0/s1. The molecule has 0 spiro atoms. The van der Waals surface area contributed by atoms with Crippen molar-refractivity contribution in [3.8, 4) is 0 Å². The van der Waals surface area contributed by atoms with E-state index in [1.54, 1.807) is 0 Å². The smallest absolute Gasteiger partial charge is 0.326 e. The predicted molar refractivity (Wildman–Crippen MR) is 55.6 cm³/mol. The molecule has 0 saturated carbocycles. The molecule has 16 heavy (non-hydrogen) atoms. The fourth-order valence-corrected chi connectivity index (χ4v) is 1.11. The number of nitrogens with one attached hydrogen (secondary N) is 2. The Balaban J connectivity index is 3.72. The molecular formula is C8H16N4O4. The lowest BCUT2D eigenvalue weighted by molar-refractivity contribution is -0.139. The second-order valence-electron chi connectivity index (χ2n) is 3.19. The van der Waals surface area contributed by atoms with Crippen LogP contribution < -0.4 is 22.1 Å². The first-order chi connectivity index (χ1) is 7.43. The molecule has 0 aromatic carbocycles. The van der Waals surface area contributed by atoms with E-state index in [0.717, 1.165) is 0 Å². The van der Waals surface area contributed by atoms with Crippen molar-refractivity contribution in [1.29, 1.82) is 0 Å². The van der Waals surface area contributed by atoms with Crippen molar-refractivity contribution >= 4 is 18.0 Å². The van der Waals surface area contributed by atoms with Gasteiger partial charge in [0.25, 0.3) is 0 Å². The normalized spacial score (nSPS) is 11.5. The van der Waals surface area contributed by atoms with E-state index >= 15 is 0 Å². The zero-order chi connectivity index (χ0) is 12.6. The molecule has 0 heterocycles. The Kier molecular flexibility index (Phi) is 6.41. The highest BCUT2D eigenvalue weighted by Gasteiger charge is 2.17. The molecule has 0 aromatic rings. The molecule has 0 aromatic heterocycles. The van der Waals surface area contributed by atoms with E-state index in [9.17, 15) is 14.4 Å². The van der Waals surface area contributed by atoms with Gasteiger partial charge in [-0.2, -0.15) is 0 Å². The molecule has 1 atom stereocenters. The molecule has 8 nitrogen and oxygen atoms in total. The average Bonchev–Trinajstić information content (AvgIpc) is 2.14. The summed E-state index contributed by atoms with van der Waals surface area (Å²) in [6, 6.07) is -2.49. The molecule has 0 bridgehead atoms. The van der Waals surface area contributed by atoms with Crippen LogP contribution in [0.1, 0.15) is 19.3 Å². The lowest BCUT2D eigenvalue weighted by atomic mass is 10.1. The molecule has 0 fully saturated rings. The van der Waals surface area contributed by atoms with Crippen LogP contribution in [0.25, 0.3) is 0 Å². The van der Waals surface area contributed by atoms with Crippen LogP contribution in [-0.2, 0) is 4.79 Å². The van der Waals surface area contributed by atoms with Gasteiger partial charge in [0, 0.05) is 6.54 Å². The number of nitrogens with two attached hydrogens (primary N) is 2. The van der Waals surface area contributed by atoms with Gasteiger partial charge >= 0.3 is 18.0 Å². The van der Waals surface area contributed by atoms with Gasteiger partial charge < -0.3 is 27.2 Å². The minimum absolute atomic E-state index is 0.249. The number of unbranched alkanes of at least 4 members (excludes halogenated alkanes) is 1. The summed E-state index contributed by atoms with van der Waals surface area (Å²) in [7, 11) is 0. The summed E-state index contributed by atoms with van der Waals surface area (Å²) in [5, 5.41) is 13.2. The van der Waals surface area contributed by atoms with Crippen LogP contribution in [-0.4, -0.2) is 35.7 Å². The van der Waals surface area contributed by atoms with Gasteiger partial charge in [-0.25, -0.2) is 14.4 Å². The second kappa shape index (κ2) is 7.32. The molecule has 92 valence electrons. The third-order valence-electron chi connectivity index (χ3n) is 1.83. The Bertz CT molecular complexity index is 269. The molecule has 0 radical (unpaired) electrons. The van der Waals surface area contributed by atoms with E-state index in [0.29, 0.717) is 19.4 Å². The average molecular weight is 232 g/mol. The topological polar surface area (TPSA) is 148 Å². The van der Waals surface area contributed by atoms with Gasteiger partial charge in [-0.1, -0.05) is 0 Å². The van der Waals surface area contributed by atoms with Crippen molar-refractivity contribution in [1.82, 2.24) is 10.6 Å². The number of primary amides is 2. The van der Waals surface area contributed by atoms with Gasteiger partial charge in [0.2, 0.25) is 0 Å². The number of urea groups is 2. The molecule has 0 saturated heterocycles. The fraction of sp³-hybridized carbons (Fsp3) is 0.625. The number of aliphatic carboxylic acids is 1. The second-order valence-corrected chi connectivity index (χ2v) is 3.19. The Morgan fingerprint density at radius 2 is 1.75 bits per heavy atom. The lowest BCUT2D eigenvalue weighted by Gasteiger charge is -2.12. The fourth-order valence-electron chi connectivity index (χ4n) is 1.11. The van der Waals surface area contributed by atoms with E-state index < -0.39 is 24.1 Å². The quantitative estimate of drug-likeness (QED) is 0.356. The number of carbonyl (C=O) groups excluding carboxylic acids is 2. The molecule has 8 heteroatoms. The van der Waals surface area contributed by atoms with Gasteiger partial charge in [0.05, 0.1) is 0 Å². The largest absolute Gasteiger partial charge is 0.480 e. The Morgan fingerprint density at radius 1 is 1.12 bits per heavy atom. The van der Waals surface area contributed by atoms with Crippen LogP contribution in [0.5, 0.6) is 0 Å². The minimum atomic E-state index is -1.14. The third kappa shape index (κ3) is 7.42. The van der Waals surface area contributed by atoms with Crippen LogP contribution in [0, 0.1) is 0 Å². The van der Waals surface area contributed by atoms with Crippen LogP contribution in [0.4, 0.5) is 9.59 Å². The van der Waals surface area contributed by atoms with Crippen LogP contribution in [0.2, 0.25) is 0 Å². The molecule has 4 amide bonds. The summed E-state index contributed by atoms with van der Waals surface area (Å²) in [6.07, 6.45) is 1.35. The van der Waals surface area contributed by atoms with E-state index in [2.05, 4.69) is 10.6 Å². The van der Waals surface area contributed by atoms with Crippen molar-refractivity contribution in [2.75, 3.05) is 6.54 Å². The number of hydrogen-bond acceptors (Lipinski definition) is 3. The van der Waals surface area contributed by atoms with Crippen molar-refractivity contribution < 1.29 is 19.5 Å². The first-order valence-corrected chi connectivity index (χ1v) is 4.75. The Morgan fingerprint density at radius 3 is 2.19 bits per heavy atom. The van der Waals surface area contributed by atoms with E-state index in [1.165, 1.54) is 0 Å². The zero-order valence-electron chi connectivity index (χ0n) is 8.73. The highest BCUT2D eigenvalue weighted by molar-refractivity contribution is 5.81. The van der Waals surface area contributed by atoms with Gasteiger partial charge in [-0.05, 0) is 19.3 Å². The van der Waals surface area contributed by atoms with Crippen LogP contribution in [0.3, 0.4) is 0 Å². The van der Waals surface area contributed by atoms with E-state index in [1.807, 2.05) is 0 Å². The number of carboxylic acids is 1. The first-order valence-electron chi connectivity index (χ1n) is 4.75. The maximum atomic E-state index is 10.6. The number of hydrogen-bond donors (Lipinski definition) is 5. The van der Waals surface area contributed by atoms with Crippen molar-refractivity contribution in [2.45, 2.75) is 25.3 Å². The number of rotatable bonds is 7. The third-order valence-corrected chi connectivity index (χ3v) is 1.83. The number of carbonyl (C=O) groups is 3. The zero-order valence-corrected chi connectivity index (χ0v) is 8.73. The van der Waals surface area contributed by atoms with Crippen molar-refractivity contribution in [2.24, 2.45) is 11.5 Å². The maximum absolute atomic E-state index is 10.6. The van der Waals surface area contributed by atoms with Crippen LogP contribution >= 0.6 is 0 Å². The number of carboxylic acid groups (broad SMARTS) is 1. The predicted octanol–water partition coefficient (Wildman–Crippen LogP) is -1.05. The van der Waals surface area contributed by atoms with Gasteiger partial charge in [0.15, 0.2) is 0 Å². The summed E-state index contributed by atoms with van der Waals surface area (Å²) in [5.41, 5.74) is 9.65.